The fourth-order valence-electron chi connectivity index (χ4n) is 3.23. The highest BCUT2D eigenvalue weighted by Gasteiger charge is 2.34. The van der Waals surface area contributed by atoms with Crippen molar-refractivity contribution in [3.8, 4) is 5.75 Å². The Balaban J connectivity index is 1.52. The van der Waals surface area contributed by atoms with Crippen LogP contribution in [0.2, 0.25) is 0 Å². The van der Waals surface area contributed by atoms with Gasteiger partial charge >= 0.3 is 6.09 Å². The van der Waals surface area contributed by atoms with Gasteiger partial charge in [0.15, 0.2) is 4.90 Å². The number of carbonyl (C=O) groups is 1. The Morgan fingerprint density at radius 1 is 1.14 bits per heavy atom. The van der Waals surface area contributed by atoms with Crippen LogP contribution >= 0.6 is 0 Å². The second-order valence-electron chi connectivity index (χ2n) is 7.61. The molecule has 150 valence electrons. The van der Waals surface area contributed by atoms with E-state index >= 15 is 0 Å². The third-order valence-electron chi connectivity index (χ3n) is 4.81. The normalized spacial score (nSPS) is 16.0. The largest absolute Gasteiger partial charge is 0.611 e. The molecule has 2 aromatic rings. The van der Waals surface area contributed by atoms with Gasteiger partial charge in [0.05, 0.1) is 12.3 Å². The molecule has 1 atom stereocenters. The second kappa shape index (κ2) is 8.45. The summed E-state index contributed by atoms with van der Waals surface area (Å²) in [6, 6.07) is 11.7. The summed E-state index contributed by atoms with van der Waals surface area (Å²) in [5, 5.41) is 2.77. The first-order valence-electron chi connectivity index (χ1n) is 9.49. The molecule has 1 amide bonds. The average Bonchev–Trinajstić information content (AvgIpc) is 2.62. The number of nitrogens with one attached hydrogen (secondary N) is 1. The number of anilines is 1. The van der Waals surface area contributed by atoms with E-state index in [0.29, 0.717) is 12.4 Å². The van der Waals surface area contributed by atoms with Gasteiger partial charge in [-0.2, -0.15) is 0 Å². The number of hydrogen-bond acceptors (Lipinski definition) is 4. The average molecular weight is 402 g/mol. The van der Waals surface area contributed by atoms with E-state index in [2.05, 4.69) is 5.32 Å². The highest BCUT2D eigenvalue weighted by atomic mass is 32.2. The van der Waals surface area contributed by atoms with Gasteiger partial charge in [-0.15, -0.1) is 0 Å². The van der Waals surface area contributed by atoms with E-state index in [9.17, 15) is 9.35 Å². The molecule has 6 heteroatoms. The van der Waals surface area contributed by atoms with Gasteiger partial charge in [0.2, 0.25) is 0 Å². The smallest absolute Gasteiger partial charge is 0.412 e. The summed E-state index contributed by atoms with van der Waals surface area (Å²) >= 11 is -0.971. The first kappa shape index (κ1) is 20.6. The van der Waals surface area contributed by atoms with Crippen molar-refractivity contribution in [2.45, 2.75) is 51.0 Å². The monoisotopic (exact) mass is 401 g/mol. The Kier molecular flexibility index (Phi) is 6.20. The van der Waals surface area contributed by atoms with Crippen LogP contribution in [0.3, 0.4) is 0 Å². The SMILES string of the molecule is Cc1ccc([S+]([O-])CCCCOc2cc(C)c3c(c2)C(C)(C)OC(=O)N3)cc1. The topological polar surface area (TPSA) is 70.6 Å². The van der Waals surface area contributed by atoms with E-state index in [1.165, 1.54) is 5.56 Å². The van der Waals surface area contributed by atoms with E-state index in [1.807, 2.05) is 64.1 Å². The molecule has 5 nitrogen and oxygen atoms in total. The number of amides is 1. The number of fused-ring (bicyclic) bond motifs is 1. The van der Waals surface area contributed by atoms with Crippen molar-refractivity contribution in [1.29, 1.82) is 0 Å². The quantitative estimate of drug-likeness (QED) is 0.519. The van der Waals surface area contributed by atoms with Crippen LogP contribution in [-0.2, 0) is 21.5 Å². The molecular formula is C22H27NO4S. The van der Waals surface area contributed by atoms with Crippen LogP contribution < -0.4 is 10.1 Å². The minimum atomic E-state index is -0.971. The molecule has 0 saturated heterocycles. The van der Waals surface area contributed by atoms with Gasteiger partial charge in [-0.3, -0.25) is 5.32 Å². The predicted octanol–water partition coefficient (Wildman–Crippen LogP) is 5.07. The molecule has 0 fully saturated rings. The van der Waals surface area contributed by atoms with Crippen LogP contribution in [0, 0.1) is 13.8 Å². The zero-order valence-corrected chi connectivity index (χ0v) is 17.7. The van der Waals surface area contributed by atoms with Gasteiger partial charge in [0.25, 0.3) is 0 Å². The van der Waals surface area contributed by atoms with Crippen molar-refractivity contribution in [3.63, 3.8) is 0 Å². The molecule has 0 spiro atoms. The molecule has 0 aromatic heterocycles. The Bertz CT molecular complexity index is 848. The second-order valence-corrected chi connectivity index (χ2v) is 9.18. The first-order valence-corrected chi connectivity index (χ1v) is 10.8. The van der Waals surface area contributed by atoms with Gasteiger partial charge < -0.3 is 14.0 Å². The molecule has 1 aliphatic heterocycles. The third-order valence-corrected chi connectivity index (χ3v) is 6.27. The molecule has 1 heterocycles. The fraction of sp³-hybridized carbons (Fsp3) is 0.409. The maximum absolute atomic E-state index is 12.3. The number of cyclic esters (lactones) is 1. The van der Waals surface area contributed by atoms with E-state index in [-0.39, 0.29) is 0 Å². The Morgan fingerprint density at radius 3 is 2.57 bits per heavy atom. The summed E-state index contributed by atoms with van der Waals surface area (Å²) < 4.78 is 23.6. The number of hydrogen-bond donors (Lipinski definition) is 1. The molecule has 0 bridgehead atoms. The Morgan fingerprint density at radius 2 is 1.86 bits per heavy atom. The van der Waals surface area contributed by atoms with Crippen molar-refractivity contribution in [3.05, 3.63) is 53.1 Å². The van der Waals surface area contributed by atoms with Crippen molar-refractivity contribution >= 4 is 23.0 Å². The summed E-state index contributed by atoms with van der Waals surface area (Å²) in [6.07, 6.45) is 1.22. The zero-order valence-electron chi connectivity index (χ0n) is 16.8. The predicted molar refractivity (Wildman–Crippen MR) is 111 cm³/mol. The molecule has 0 radical (unpaired) electrons. The van der Waals surface area contributed by atoms with Crippen LogP contribution in [0.1, 0.15) is 43.4 Å². The van der Waals surface area contributed by atoms with Gasteiger partial charge in [0, 0.05) is 5.56 Å². The molecule has 3 rings (SSSR count). The lowest BCUT2D eigenvalue weighted by atomic mass is 9.92. The lowest BCUT2D eigenvalue weighted by molar-refractivity contribution is 0.0417. The standard InChI is InChI=1S/C22H27NO4S/c1-15-7-9-18(10-8-15)28(25)12-6-5-11-26-17-13-16(2)20-19(14-17)22(3,4)27-21(24)23-20/h7-10,13-14H,5-6,11-12H2,1-4H3,(H,23,24). The molecule has 28 heavy (non-hydrogen) atoms. The minimum Gasteiger partial charge on any atom is -0.611 e. The van der Waals surface area contributed by atoms with Crippen molar-refractivity contribution in [2.75, 3.05) is 17.7 Å². The molecule has 0 aliphatic carbocycles. The van der Waals surface area contributed by atoms with Crippen molar-refractivity contribution in [2.24, 2.45) is 0 Å². The van der Waals surface area contributed by atoms with Gasteiger partial charge in [-0.1, -0.05) is 17.7 Å². The highest BCUT2D eigenvalue weighted by molar-refractivity contribution is 7.91. The maximum Gasteiger partial charge on any atom is 0.412 e. The number of ether oxygens (including phenoxy) is 2. The van der Waals surface area contributed by atoms with E-state index in [4.69, 9.17) is 9.47 Å². The molecule has 0 saturated carbocycles. The van der Waals surface area contributed by atoms with Gasteiger partial charge in [0.1, 0.15) is 17.1 Å². The van der Waals surface area contributed by atoms with Gasteiger partial charge in [-0.25, -0.2) is 4.79 Å². The molecular weight excluding hydrogens is 374 g/mol. The Labute approximate surface area is 169 Å². The lowest BCUT2D eigenvalue weighted by Crippen LogP contribution is -2.35. The number of rotatable bonds is 7. The third kappa shape index (κ3) is 4.80. The number of unbranched alkanes of at least 4 members (excludes halogenated alkanes) is 1. The van der Waals surface area contributed by atoms with Crippen molar-refractivity contribution in [1.82, 2.24) is 0 Å². The number of aryl methyl sites for hydroxylation is 2. The van der Waals surface area contributed by atoms with Crippen LogP contribution in [0.15, 0.2) is 41.3 Å². The zero-order chi connectivity index (χ0) is 20.3. The summed E-state index contributed by atoms with van der Waals surface area (Å²) in [7, 11) is 0. The van der Waals surface area contributed by atoms with Crippen molar-refractivity contribution < 1.29 is 18.8 Å². The minimum absolute atomic E-state index is 0.434. The van der Waals surface area contributed by atoms with E-state index < -0.39 is 22.9 Å². The summed E-state index contributed by atoms with van der Waals surface area (Å²) in [5.41, 5.74) is 3.11. The van der Waals surface area contributed by atoms with E-state index in [1.54, 1.807) is 0 Å². The molecule has 1 aliphatic rings. The first-order chi connectivity index (χ1) is 13.3. The summed E-state index contributed by atoms with van der Waals surface area (Å²) in [5.74, 6) is 1.38. The lowest BCUT2D eigenvalue weighted by Gasteiger charge is -2.33. The fourth-order valence-corrected chi connectivity index (χ4v) is 4.37. The highest BCUT2D eigenvalue weighted by Crippen LogP contribution is 2.39. The molecule has 1 unspecified atom stereocenters. The van der Waals surface area contributed by atoms with Gasteiger partial charge in [-0.05, 0) is 81.5 Å². The summed E-state index contributed by atoms with van der Waals surface area (Å²) in [4.78, 5) is 12.6. The number of carbonyl (C=O) groups excluding carboxylic acids is 1. The Hall–Kier alpha value is -2.18. The van der Waals surface area contributed by atoms with Crippen LogP contribution in [-0.4, -0.2) is 23.0 Å². The maximum atomic E-state index is 12.3. The van der Waals surface area contributed by atoms with Crippen LogP contribution in [0.4, 0.5) is 10.5 Å². The summed E-state index contributed by atoms with van der Waals surface area (Å²) in [6.45, 7) is 8.26. The van der Waals surface area contributed by atoms with Crippen LogP contribution in [0.5, 0.6) is 5.75 Å². The van der Waals surface area contributed by atoms with E-state index in [0.717, 1.165) is 40.3 Å². The molecule has 1 N–H and O–H groups in total. The number of benzene rings is 2. The van der Waals surface area contributed by atoms with Crippen LogP contribution in [0.25, 0.3) is 0 Å². The molecule has 2 aromatic carbocycles.